The molecule has 1 aliphatic rings. The average molecular weight is 250 g/mol. The van der Waals surface area contributed by atoms with Crippen LogP contribution in [0.3, 0.4) is 0 Å². The van der Waals surface area contributed by atoms with Crippen molar-refractivity contribution in [2.75, 3.05) is 25.2 Å². The molecule has 4 heteroatoms. The third-order valence-electron chi connectivity index (χ3n) is 3.62. The van der Waals surface area contributed by atoms with Crippen LogP contribution < -0.4 is 15.4 Å². The lowest BCUT2D eigenvalue weighted by Crippen LogP contribution is -2.33. The van der Waals surface area contributed by atoms with Gasteiger partial charge in [-0.25, -0.2) is 0 Å². The molecule has 0 aliphatic carbocycles. The second-order valence-corrected chi connectivity index (χ2v) is 4.85. The fraction of sp³-hybridized carbons (Fsp3) is 0.571. The third-order valence-corrected chi connectivity index (χ3v) is 3.62. The minimum Gasteiger partial charge on any atom is -0.496 e. The molecule has 1 aromatic rings. The summed E-state index contributed by atoms with van der Waals surface area (Å²) in [6, 6.07) is 6.10. The van der Waals surface area contributed by atoms with E-state index in [9.17, 15) is 5.11 Å². The first kappa shape index (κ1) is 13.2. The van der Waals surface area contributed by atoms with Crippen molar-refractivity contribution in [2.24, 2.45) is 5.73 Å². The largest absolute Gasteiger partial charge is 0.496 e. The molecule has 1 unspecified atom stereocenters. The number of methoxy groups -OCH3 is 1. The summed E-state index contributed by atoms with van der Waals surface area (Å²) in [5, 5.41) is 9.45. The molecule has 0 amide bonds. The van der Waals surface area contributed by atoms with Crippen molar-refractivity contribution in [1.82, 2.24) is 0 Å². The molecule has 2 rings (SSSR count). The van der Waals surface area contributed by atoms with Crippen LogP contribution in [-0.4, -0.2) is 31.4 Å². The van der Waals surface area contributed by atoms with Crippen LogP contribution in [0.1, 0.15) is 31.4 Å². The molecule has 0 aromatic heterocycles. The highest BCUT2D eigenvalue weighted by molar-refractivity contribution is 5.61. The van der Waals surface area contributed by atoms with Crippen molar-refractivity contribution in [3.05, 3.63) is 23.8 Å². The van der Waals surface area contributed by atoms with E-state index in [0.29, 0.717) is 0 Å². The van der Waals surface area contributed by atoms with Crippen molar-refractivity contribution < 1.29 is 9.84 Å². The van der Waals surface area contributed by atoms with Gasteiger partial charge in [-0.2, -0.15) is 0 Å². The number of rotatable bonds is 4. The smallest absolute Gasteiger partial charge is 0.125 e. The molecule has 1 aliphatic heterocycles. The Morgan fingerprint density at radius 2 is 2.33 bits per heavy atom. The van der Waals surface area contributed by atoms with Crippen LogP contribution >= 0.6 is 0 Å². The minimum absolute atomic E-state index is 0.0870. The highest BCUT2D eigenvalue weighted by Crippen LogP contribution is 2.36. The zero-order valence-corrected chi connectivity index (χ0v) is 11.1. The van der Waals surface area contributed by atoms with E-state index in [2.05, 4.69) is 11.0 Å². The standard InChI is InChI=1S/C14H22N2O2/c1-10(15)14-12(6-3-7-13(14)18-2)16-8-4-5-11(16)9-17/h3,6-7,10-11,17H,4-5,8-9,15H2,1-2H3/t10-,11?/m0/s1. The molecule has 100 valence electrons. The van der Waals surface area contributed by atoms with Gasteiger partial charge in [0.25, 0.3) is 0 Å². The van der Waals surface area contributed by atoms with Crippen LogP contribution in [0.2, 0.25) is 0 Å². The van der Waals surface area contributed by atoms with Crippen LogP contribution in [0.4, 0.5) is 5.69 Å². The number of benzene rings is 1. The number of nitrogens with two attached hydrogens (primary N) is 1. The fourth-order valence-corrected chi connectivity index (χ4v) is 2.76. The molecular formula is C14H22N2O2. The molecule has 1 saturated heterocycles. The first-order valence-electron chi connectivity index (χ1n) is 6.49. The highest BCUT2D eigenvalue weighted by Gasteiger charge is 2.27. The molecule has 4 nitrogen and oxygen atoms in total. The van der Waals surface area contributed by atoms with Gasteiger partial charge in [-0.1, -0.05) is 6.07 Å². The van der Waals surface area contributed by atoms with Gasteiger partial charge in [-0.05, 0) is 31.9 Å². The van der Waals surface area contributed by atoms with E-state index in [0.717, 1.165) is 36.4 Å². The van der Waals surface area contributed by atoms with Gasteiger partial charge >= 0.3 is 0 Å². The average Bonchev–Trinajstić information content (AvgIpc) is 2.85. The van der Waals surface area contributed by atoms with Crippen LogP contribution in [0.25, 0.3) is 0 Å². The van der Waals surface area contributed by atoms with Crippen LogP contribution in [0, 0.1) is 0 Å². The second-order valence-electron chi connectivity index (χ2n) is 4.85. The van der Waals surface area contributed by atoms with Gasteiger partial charge < -0.3 is 20.5 Å². The van der Waals surface area contributed by atoms with Crippen molar-refractivity contribution in [3.63, 3.8) is 0 Å². The quantitative estimate of drug-likeness (QED) is 0.853. The Labute approximate surface area is 108 Å². The van der Waals surface area contributed by atoms with E-state index in [4.69, 9.17) is 10.5 Å². The summed E-state index contributed by atoms with van der Waals surface area (Å²) in [4.78, 5) is 2.25. The molecular weight excluding hydrogens is 228 g/mol. The summed E-state index contributed by atoms with van der Waals surface area (Å²) in [6.07, 6.45) is 2.15. The fourth-order valence-electron chi connectivity index (χ4n) is 2.76. The summed E-state index contributed by atoms with van der Waals surface area (Å²) in [5.74, 6) is 0.825. The number of anilines is 1. The molecule has 0 bridgehead atoms. The molecule has 2 atom stereocenters. The summed E-state index contributed by atoms with van der Waals surface area (Å²) in [6.45, 7) is 3.12. The lowest BCUT2D eigenvalue weighted by atomic mass is 10.0. The number of ether oxygens (including phenoxy) is 1. The van der Waals surface area contributed by atoms with Gasteiger partial charge in [0, 0.05) is 23.8 Å². The van der Waals surface area contributed by atoms with Gasteiger partial charge in [-0.15, -0.1) is 0 Å². The number of hydrogen-bond acceptors (Lipinski definition) is 4. The Morgan fingerprint density at radius 1 is 1.56 bits per heavy atom. The number of aliphatic hydroxyl groups excluding tert-OH is 1. The molecule has 1 heterocycles. The van der Waals surface area contributed by atoms with Gasteiger partial charge in [-0.3, -0.25) is 0 Å². The van der Waals surface area contributed by atoms with Gasteiger partial charge in [0.15, 0.2) is 0 Å². The Balaban J connectivity index is 2.43. The monoisotopic (exact) mass is 250 g/mol. The predicted molar refractivity (Wildman–Crippen MR) is 73.1 cm³/mol. The summed E-state index contributed by atoms with van der Waals surface area (Å²) >= 11 is 0. The van der Waals surface area contributed by atoms with Gasteiger partial charge in [0.2, 0.25) is 0 Å². The van der Waals surface area contributed by atoms with Gasteiger partial charge in [0.1, 0.15) is 5.75 Å². The lowest BCUT2D eigenvalue weighted by molar-refractivity contribution is 0.266. The van der Waals surface area contributed by atoms with Crippen molar-refractivity contribution in [2.45, 2.75) is 31.8 Å². The molecule has 0 spiro atoms. The molecule has 18 heavy (non-hydrogen) atoms. The number of aliphatic hydroxyl groups is 1. The van der Waals surface area contributed by atoms with Crippen LogP contribution in [-0.2, 0) is 0 Å². The zero-order chi connectivity index (χ0) is 13.1. The maximum absolute atomic E-state index is 9.45. The Kier molecular flexibility index (Phi) is 4.09. The Bertz CT molecular complexity index is 407. The zero-order valence-electron chi connectivity index (χ0n) is 11.1. The first-order valence-corrected chi connectivity index (χ1v) is 6.49. The minimum atomic E-state index is -0.0870. The predicted octanol–water partition coefficient (Wildman–Crippen LogP) is 1.68. The van der Waals surface area contributed by atoms with Crippen molar-refractivity contribution in [1.29, 1.82) is 0 Å². The normalized spacial score (nSPS) is 21.1. The van der Waals surface area contributed by atoms with E-state index >= 15 is 0 Å². The third kappa shape index (κ3) is 2.31. The van der Waals surface area contributed by atoms with E-state index in [1.807, 2.05) is 19.1 Å². The van der Waals surface area contributed by atoms with E-state index < -0.39 is 0 Å². The summed E-state index contributed by atoms with van der Waals surface area (Å²) in [7, 11) is 1.67. The van der Waals surface area contributed by atoms with Crippen LogP contribution in [0.15, 0.2) is 18.2 Å². The Hall–Kier alpha value is -1.26. The second kappa shape index (κ2) is 5.59. The summed E-state index contributed by atoms with van der Waals surface area (Å²) < 4.78 is 5.41. The SMILES string of the molecule is COc1cccc(N2CCCC2CO)c1[C@H](C)N. The van der Waals surface area contributed by atoms with E-state index in [1.54, 1.807) is 7.11 Å². The Morgan fingerprint density at radius 3 is 2.94 bits per heavy atom. The molecule has 1 fully saturated rings. The molecule has 0 saturated carbocycles. The topological polar surface area (TPSA) is 58.7 Å². The molecule has 1 aromatic carbocycles. The van der Waals surface area contributed by atoms with E-state index in [1.165, 1.54) is 0 Å². The highest BCUT2D eigenvalue weighted by atomic mass is 16.5. The van der Waals surface area contributed by atoms with Crippen LogP contribution in [0.5, 0.6) is 5.75 Å². The maximum atomic E-state index is 9.45. The van der Waals surface area contributed by atoms with Crippen molar-refractivity contribution in [3.8, 4) is 5.75 Å². The maximum Gasteiger partial charge on any atom is 0.125 e. The van der Waals surface area contributed by atoms with Gasteiger partial charge in [0.05, 0.1) is 19.8 Å². The lowest BCUT2D eigenvalue weighted by Gasteiger charge is -2.29. The molecule has 0 radical (unpaired) electrons. The first-order chi connectivity index (χ1) is 8.69. The van der Waals surface area contributed by atoms with Crippen molar-refractivity contribution >= 4 is 5.69 Å². The van der Waals surface area contributed by atoms with E-state index in [-0.39, 0.29) is 18.7 Å². The number of nitrogens with zero attached hydrogens (tertiary/aromatic N) is 1. The molecule has 3 N–H and O–H groups in total. The summed E-state index contributed by atoms with van der Waals surface area (Å²) in [5.41, 5.74) is 8.20. The number of hydrogen-bond donors (Lipinski definition) is 2.